The summed E-state index contributed by atoms with van der Waals surface area (Å²) in [5, 5.41) is 1.47. The first kappa shape index (κ1) is 18.4. The van der Waals surface area contributed by atoms with Gasteiger partial charge >= 0.3 is 18.1 Å². The number of alkyl halides is 3. The largest absolute Gasteiger partial charge is 0.471 e. The normalized spacial score (nSPS) is 12.7. The van der Waals surface area contributed by atoms with Crippen LogP contribution in [-0.4, -0.2) is 46.4 Å². The van der Waals surface area contributed by atoms with Crippen LogP contribution in [0.5, 0.6) is 0 Å². The van der Waals surface area contributed by atoms with Crippen LogP contribution in [0, 0.1) is 6.92 Å². The highest BCUT2D eigenvalue weighted by Gasteiger charge is 2.41. The molecule has 7 nitrogen and oxygen atoms in total. The van der Waals surface area contributed by atoms with Gasteiger partial charge in [-0.05, 0) is 24.6 Å². The lowest BCUT2D eigenvalue weighted by atomic mass is 10.1. The lowest BCUT2D eigenvalue weighted by Gasteiger charge is -2.16. The van der Waals surface area contributed by atoms with Crippen LogP contribution in [0.3, 0.4) is 0 Å². The molecule has 1 unspecified atom stereocenters. The van der Waals surface area contributed by atoms with Crippen molar-refractivity contribution in [1.82, 2.24) is 14.7 Å². The van der Waals surface area contributed by atoms with Crippen LogP contribution in [0.4, 0.5) is 13.2 Å². The fourth-order valence-electron chi connectivity index (χ4n) is 2.15. The Morgan fingerprint density at radius 2 is 2.04 bits per heavy atom. The van der Waals surface area contributed by atoms with Crippen molar-refractivity contribution in [3.63, 3.8) is 0 Å². The van der Waals surface area contributed by atoms with Gasteiger partial charge in [-0.3, -0.25) is 14.0 Å². The van der Waals surface area contributed by atoms with E-state index in [9.17, 15) is 27.6 Å². The molecule has 0 saturated heterocycles. The molecule has 0 radical (unpaired) electrons. The molecule has 0 fully saturated rings. The summed E-state index contributed by atoms with van der Waals surface area (Å²) in [5.74, 6) is -4.16. The molecular formula is C15H14F3N3O4. The third-order valence-corrected chi connectivity index (χ3v) is 3.39. The van der Waals surface area contributed by atoms with Crippen molar-refractivity contribution in [2.45, 2.75) is 25.6 Å². The Hall–Kier alpha value is -2.91. The molecule has 1 atom stereocenters. The van der Waals surface area contributed by atoms with Crippen molar-refractivity contribution in [2.75, 3.05) is 7.11 Å². The number of nitrogens with one attached hydrogen (secondary N) is 1. The molecule has 0 aliphatic heterocycles. The zero-order chi connectivity index (χ0) is 18.8. The van der Waals surface area contributed by atoms with E-state index in [4.69, 9.17) is 0 Å². The summed E-state index contributed by atoms with van der Waals surface area (Å²) >= 11 is 0. The average Bonchev–Trinajstić information content (AvgIpc) is 2.95. The number of amides is 1. The van der Waals surface area contributed by atoms with Gasteiger partial charge in [-0.15, -0.1) is 0 Å². The Morgan fingerprint density at radius 1 is 1.36 bits per heavy atom. The summed E-state index contributed by atoms with van der Waals surface area (Å²) in [6, 6.07) is 1.66. The van der Waals surface area contributed by atoms with E-state index in [0.717, 1.165) is 12.7 Å². The second kappa shape index (κ2) is 6.91. The molecular weight excluding hydrogens is 343 g/mol. The quantitative estimate of drug-likeness (QED) is 0.646. The van der Waals surface area contributed by atoms with E-state index in [1.165, 1.54) is 15.9 Å². The SMILES string of the molecule is COC(=O)C(CC(=O)c1cnc2cc(C)ccn12)NC(=O)C(F)(F)F. The number of hydrogen-bond donors (Lipinski definition) is 1. The highest BCUT2D eigenvalue weighted by Crippen LogP contribution is 2.16. The van der Waals surface area contributed by atoms with Crippen LogP contribution in [0.25, 0.3) is 5.65 Å². The molecule has 10 heteroatoms. The zero-order valence-electron chi connectivity index (χ0n) is 13.3. The second-order valence-corrected chi connectivity index (χ2v) is 5.25. The van der Waals surface area contributed by atoms with Gasteiger partial charge in [0.25, 0.3) is 0 Å². The molecule has 134 valence electrons. The number of methoxy groups -OCH3 is 1. The van der Waals surface area contributed by atoms with E-state index >= 15 is 0 Å². The number of carbonyl (C=O) groups excluding carboxylic acids is 3. The first-order valence-electron chi connectivity index (χ1n) is 7.06. The van der Waals surface area contributed by atoms with Crippen molar-refractivity contribution >= 4 is 23.3 Å². The number of pyridine rings is 1. The van der Waals surface area contributed by atoms with Gasteiger partial charge in [0.05, 0.1) is 13.3 Å². The van der Waals surface area contributed by atoms with Crippen molar-refractivity contribution < 1.29 is 32.3 Å². The number of rotatable bonds is 5. The Morgan fingerprint density at radius 3 is 2.64 bits per heavy atom. The van der Waals surface area contributed by atoms with E-state index in [1.807, 2.05) is 6.92 Å². The van der Waals surface area contributed by atoms with Crippen LogP contribution < -0.4 is 5.32 Å². The van der Waals surface area contributed by atoms with Crippen molar-refractivity contribution in [1.29, 1.82) is 0 Å². The number of fused-ring (bicyclic) bond motifs is 1. The van der Waals surface area contributed by atoms with Gasteiger partial charge in [0.2, 0.25) is 0 Å². The fourth-order valence-corrected chi connectivity index (χ4v) is 2.15. The number of Topliss-reactive ketones (excluding diaryl/α,β-unsaturated/α-hetero) is 1. The first-order chi connectivity index (χ1) is 11.6. The predicted octanol–water partition coefficient (Wildman–Crippen LogP) is 1.44. The lowest BCUT2D eigenvalue weighted by Crippen LogP contribution is -2.48. The maximum Gasteiger partial charge on any atom is 0.471 e. The van der Waals surface area contributed by atoms with E-state index in [-0.39, 0.29) is 5.69 Å². The first-order valence-corrected chi connectivity index (χ1v) is 7.06. The summed E-state index contributed by atoms with van der Waals surface area (Å²) in [6.45, 7) is 1.83. The number of esters is 1. The number of aromatic nitrogens is 2. The molecule has 2 rings (SSSR count). The maximum absolute atomic E-state index is 12.4. The molecule has 0 saturated carbocycles. The molecule has 2 aromatic rings. The monoisotopic (exact) mass is 357 g/mol. The van der Waals surface area contributed by atoms with Gasteiger partial charge in [0.15, 0.2) is 5.78 Å². The summed E-state index contributed by atoms with van der Waals surface area (Å²) in [5.41, 5.74) is 1.45. The van der Waals surface area contributed by atoms with E-state index in [1.54, 1.807) is 18.3 Å². The van der Waals surface area contributed by atoms with Crippen molar-refractivity contribution in [3.05, 3.63) is 35.8 Å². The molecule has 0 aliphatic rings. The van der Waals surface area contributed by atoms with Crippen LogP contribution in [0.15, 0.2) is 24.5 Å². The molecule has 0 spiro atoms. The molecule has 0 bridgehead atoms. The van der Waals surface area contributed by atoms with Gasteiger partial charge in [0, 0.05) is 12.6 Å². The second-order valence-electron chi connectivity index (χ2n) is 5.25. The number of aryl methyl sites for hydroxylation is 1. The van der Waals surface area contributed by atoms with Crippen LogP contribution in [0.1, 0.15) is 22.5 Å². The molecule has 2 heterocycles. The standard InChI is InChI=1S/C15H14F3N3O4/c1-8-3-4-21-10(7-19-12(21)5-8)11(22)6-9(13(23)25-2)20-14(24)15(16,17)18/h3-5,7,9H,6H2,1-2H3,(H,20,24). The van der Waals surface area contributed by atoms with E-state index < -0.39 is 36.3 Å². The zero-order valence-corrected chi connectivity index (χ0v) is 13.3. The third kappa shape index (κ3) is 4.14. The summed E-state index contributed by atoms with van der Waals surface area (Å²) in [4.78, 5) is 39.0. The molecule has 2 aromatic heterocycles. The number of ketones is 1. The molecule has 0 aliphatic carbocycles. The smallest absolute Gasteiger partial charge is 0.467 e. The Bertz CT molecular complexity index is 829. The number of ether oxygens (including phenoxy) is 1. The minimum atomic E-state index is -5.18. The molecule has 1 amide bonds. The highest BCUT2D eigenvalue weighted by atomic mass is 19.4. The topological polar surface area (TPSA) is 89.8 Å². The van der Waals surface area contributed by atoms with E-state index in [0.29, 0.717) is 5.65 Å². The number of halogens is 3. The Labute approximate surface area is 139 Å². The van der Waals surface area contributed by atoms with Gasteiger partial charge in [-0.25, -0.2) is 9.78 Å². The average molecular weight is 357 g/mol. The van der Waals surface area contributed by atoms with Gasteiger partial charge in [-0.2, -0.15) is 13.2 Å². The summed E-state index contributed by atoms with van der Waals surface area (Å²) < 4.78 is 42.9. The van der Waals surface area contributed by atoms with Crippen LogP contribution in [-0.2, 0) is 14.3 Å². The lowest BCUT2D eigenvalue weighted by molar-refractivity contribution is -0.175. The minimum Gasteiger partial charge on any atom is -0.467 e. The molecule has 1 N–H and O–H groups in total. The maximum atomic E-state index is 12.4. The molecule has 25 heavy (non-hydrogen) atoms. The van der Waals surface area contributed by atoms with Gasteiger partial charge in [-0.1, -0.05) is 0 Å². The number of carbonyl (C=O) groups is 3. The van der Waals surface area contributed by atoms with Gasteiger partial charge in [0.1, 0.15) is 17.4 Å². The van der Waals surface area contributed by atoms with Gasteiger partial charge < -0.3 is 10.1 Å². The van der Waals surface area contributed by atoms with Crippen molar-refractivity contribution in [2.24, 2.45) is 0 Å². The number of imidazole rings is 1. The van der Waals surface area contributed by atoms with Crippen LogP contribution in [0.2, 0.25) is 0 Å². The Balaban J connectivity index is 2.23. The minimum absolute atomic E-state index is 0.0742. The molecule has 0 aromatic carbocycles. The van der Waals surface area contributed by atoms with Crippen molar-refractivity contribution in [3.8, 4) is 0 Å². The fraction of sp³-hybridized carbons (Fsp3) is 0.333. The van der Waals surface area contributed by atoms with E-state index in [2.05, 4.69) is 9.72 Å². The third-order valence-electron chi connectivity index (χ3n) is 3.39. The summed E-state index contributed by atoms with van der Waals surface area (Å²) in [7, 11) is 0.941. The van der Waals surface area contributed by atoms with Crippen LogP contribution >= 0.6 is 0 Å². The predicted molar refractivity (Wildman–Crippen MR) is 78.9 cm³/mol. The Kier molecular flexibility index (Phi) is 5.10. The highest BCUT2D eigenvalue weighted by molar-refractivity contribution is 5.99. The summed E-state index contributed by atoms with van der Waals surface area (Å²) in [6.07, 6.45) is -3.06. The number of hydrogen-bond acceptors (Lipinski definition) is 5. The number of nitrogens with zero attached hydrogens (tertiary/aromatic N) is 2.